The molecule has 2 N–H and O–H groups in total. The number of hydrogen-bond donors (Lipinski definition) is 2. The second-order valence-corrected chi connectivity index (χ2v) is 5.51. The Bertz CT molecular complexity index is 754. The fourth-order valence-corrected chi connectivity index (χ4v) is 2.39. The summed E-state index contributed by atoms with van der Waals surface area (Å²) in [6.07, 6.45) is 0. The molecule has 4 heteroatoms. The number of nitrogens with zero attached hydrogens (tertiary/aromatic N) is 1. The lowest BCUT2D eigenvalue weighted by atomic mass is 10.2. The van der Waals surface area contributed by atoms with Crippen LogP contribution < -0.4 is 10.2 Å². The van der Waals surface area contributed by atoms with Gasteiger partial charge in [0.2, 0.25) is 0 Å². The summed E-state index contributed by atoms with van der Waals surface area (Å²) in [4.78, 5) is 17.4. The molecule has 4 nitrogen and oxygen atoms in total. The number of aromatic amines is 1. The van der Waals surface area contributed by atoms with E-state index in [2.05, 4.69) is 10.3 Å². The molecule has 0 aliphatic heterocycles. The number of benzene rings is 2. The van der Waals surface area contributed by atoms with E-state index < -0.39 is 0 Å². The summed E-state index contributed by atoms with van der Waals surface area (Å²) >= 11 is 0. The fraction of sp³-hybridized carbons (Fsp3) is 0.167. The topological polar surface area (TPSA) is 48.1 Å². The lowest BCUT2D eigenvalue weighted by Crippen LogP contribution is -2.23. The molecule has 0 radical (unpaired) electrons. The van der Waals surface area contributed by atoms with E-state index in [9.17, 15) is 4.79 Å². The molecule has 22 heavy (non-hydrogen) atoms. The molecule has 0 unspecified atom stereocenters. The highest BCUT2D eigenvalue weighted by Crippen LogP contribution is 2.15. The molecule has 3 aromatic rings. The standard InChI is InChI=1S/C18H19N3O/c1-21(2)15-9-7-13(8-10-15)12-19-18(22)17-11-14-5-3-4-6-16(14)20-17/h3-11,20H,12H2,1-2H3,(H,19,22). The largest absolute Gasteiger partial charge is 0.378 e. The van der Waals surface area contributed by atoms with Crippen molar-refractivity contribution < 1.29 is 4.79 Å². The first-order valence-electron chi connectivity index (χ1n) is 7.26. The lowest BCUT2D eigenvalue weighted by molar-refractivity contribution is 0.0947. The Balaban J connectivity index is 1.66. The summed E-state index contributed by atoms with van der Waals surface area (Å²) in [6.45, 7) is 0.516. The van der Waals surface area contributed by atoms with Crippen LogP contribution in [0.1, 0.15) is 16.1 Å². The molecule has 0 aliphatic carbocycles. The first-order chi connectivity index (χ1) is 10.6. The number of aromatic nitrogens is 1. The van der Waals surface area contributed by atoms with Crippen molar-refractivity contribution >= 4 is 22.5 Å². The van der Waals surface area contributed by atoms with Gasteiger partial charge in [0.05, 0.1) is 0 Å². The molecular weight excluding hydrogens is 274 g/mol. The van der Waals surface area contributed by atoms with Crippen LogP contribution in [0.5, 0.6) is 0 Å². The number of carbonyl (C=O) groups is 1. The van der Waals surface area contributed by atoms with Gasteiger partial charge in [0.25, 0.3) is 5.91 Å². The number of anilines is 1. The van der Waals surface area contributed by atoms with Crippen LogP contribution in [0.4, 0.5) is 5.69 Å². The van der Waals surface area contributed by atoms with Gasteiger partial charge in [-0.05, 0) is 29.8 Å². The van der Waals surface area contributed by atoms with Crippen LogP contribution in [0, 0.1) is 0 Å². The summed E-state index contributed by atoms with van der Waals surface area (Å²) in [5, 5.41) is 3.99. The molecule has 0 saturated heterocycles. The zero-order valence-corrected chi connectivity index (χ0v) is 12.8. The molecule has 1 aromatic heterocycles. The van der Waals surface area contributed by atoms with Gasteiger partial charge in [0, 0.05) is 37.2 Å². The van der Waals surface area contributed by atoms with Crippen LogP contribution >= 0.6 is 0 Å². The number of rotatable bonds is 4. The Morgan fingerprint density at radius 2 is 1.82 bits per heavy atom. The first-order valence-corrected chi connectivity index (χ1v) is 7.26. The summed E-state index contributed by atoms with van der Waals surface area (Å²) in [6, 6.07) is 17.9. The normalized spacial score (nSPS) is 10.6. The van der Waals surface area contributed by atoms with Gasteiger partial charge < -0.3 is 15.2 Å². The molecule has 112 valence electrons. The summed E-state index contributed by atoms with van der Waals surface area (Å²) < 4.78 is 0. The second-order valence-electron chi connectivity index (χ2n) is 5.51. The van der Waals surface area contributed by atoms with E-state index in [0.717, 1.165) is 22.2 Å². The van der Waals surface area contributed by atoms with Gasteiger partial charge in [0.1, 0.15) is 5.69 Å². The number of fused-ring (bicyclic) bond motifs is 1. The minimum absolute atomic E-state index is 0.0899. The van der Waals surface area contributed by atoms with E-state index in [4.69, 9.17) is 0 Å². The molecule has 0 saturated carbocycles. The molecule has 3 rings (SSSR count). The van der Waals surface area contributed by atoms with Crippen LogP contribution in [0.3, 0.4) is 0 Å². The minimum atomic E-state index is -0.0899. The van der Waals surface area contributed by atoms with Crippen molar-refractivity contribution in [1.29, 1.82) is 0 Å². The van der Waals surface area contributed by atoms with Gasteiger partial charge in [-0.25, -0.2) is 0 Å². The third kappa shape index (κ3) is 2.96. The van der Waals surface area contributed by atoms with E-state index in [1.165, 1.54) is 0 Å². The average molecular weight is 293 g/mol. The molecule has 0 fully saturated rings. The van der Waals surface area contributed by atoms with Crippen molar-refractivity contribution in [2.75, 3.05) is 19.0 Å². The molecule has 0 spiro atoms. The van der Waals surface area contributed by atoms with E-state index in [0.29, 0.717) is 12.2 Å². The average Bonchev–Trinajstić information content (AvgIpc) is 2.97. The Morgan fingerprint density at radius 3 is 2.50 bits per heavy atom. The van der Waals surface area contributed by atoms with Crippen molar-refractivity contribution in [2.24, 2.45) is 0 Å². The Kier molecular flexibility index (Phi) is 3.83. The number of amides is 1. The molecule has 0 atom stereocenters. The van der Waals surface area contributed by atoms with Crippen molar-refractivity contribution in [3.05, 3.63) is 65.9 Å². The van der Waals surface area contributed by atoms with Crippen molar-refractivity contribution in [1.82, 2.24) is 10.3 Å². The maximum atomic E-state index is 12.2. The molecule has 0 aliphatic rings. The second kappa shape index (κ2) is 5.93. The number of carbonyl (C=O) groups excluding carboxylic acids is 1. The first kappa shape index (κ1) is 14.2. The maximum Gasteiger partial charge on any atom is 0.267 e. The summed E-state index contributed by atoms with van der Waals surface area (Å²) in [7, 11) is 4.01. The van der Waals surface area contributed by atoms with Crippen LogP contribution in [0.2, 0.25) is 0 Å². The van der Waals surface area contributed by atoms with Gasteiger partial charge in [-0.3, -0.25) is 4.79 Å². The Hall–Kier alpha value is -2.75. The minimum Gasteiger partial charge on any atom is -0.378 e. The predicted molar refractivity (Wildman–Crippen MR) is 90.2 cm³/mol. The van der Waals surface area contributed by atoms with Crippen LogP contribution in [-0.2, 0) is 6.54 Å². The number of para-hydroxylation sites is 1. The quantitative estimate of drug-likeness (QED) is 0.776. The summed E-state index contributed by atoms with van der Waals surface area (Å²) in [5.74, 6) is -0.0899. The highest BCUT2D eigenvalue weighted by Gasteiger charge is 2.08. The monoisotopic (exact) mass is 293 g/mol. The van der Waals surface area contributed by atoms with Gasteiger partial charge in [-0.1, -0.05) is 30.3 Å². The van der Waals surface area contributed by atoms with Gasteiger partial charge in [-0.15, -0.1) is 0 Å². The molecule has 1 amide bonds. The zero-order chi connectivity index (χ0) is 15.5. The zero-order valence-electron chi connectivity index (χ0n) is 12.8. The van der Waals surface area contributed by atoms with E-state index in [1.54, 1.807) is 0 Å². The predicted octanol–water partition coefficient (Wildman–Crippen LogP) is 3.16. The lowest BCUT2D eigenvalue weighted by Gasteiger charge is -2.12. The molecule has 2 aromatic carbocycles. The fourth-order valence-electron chi connectivity index (χ4n) is 2.39. The van der Waals surface area contributed by atoms with Crippen molar-refractivity contribution in [3.8, 4) is 0 Å². The molecule has 1 heterocycles. The third-order valence-electron chi connectivity index (χ3n) is 3.68. The van der Waals surface area contributed by atoms with Crippen LogP contribution in [0.15, 0.2) is 54.6 Å². The number of hydrogen-bond acceptors (Lipinski definition) is 2. The maximum absolute atomic E-state index is 12.2. The van der Waals surface area contributed by atoms with Crippen molar-refractivity contribution in [3.63, 3.8) is 0 Å². The highest BCUT2D eigenvalue weighted by molar-refractivity contribution is 5.97. The molecular formula is C18H19N3O. The third-order valence-corrected chi connectivity index (χ3v) is 3.68. The van der Waals surface area contributed by atoms with E-state index >= 15 is 0 Å². The van der Waals surface area contributed by atoms with Gasteiger partial charge >= 0.3 is 0 Å². The van der Waals surface area contributed by atoms with Crippen LogP contribution in [0.25, 0.3) is 10.9 Å². The molecule has 0 bridgehead atoms. The van der Waals surface area contributed by atoms with Crippen LogP contribution in [-0.4, -0.2) is 25.0 Å². The number of nitrogens with one attached hydrogen (secondary N) is 2. The SMILES string of the molecule is CN(C)c1ccc(CNC(=O)c2cc3ccccc3[nH]2)cc1. The highest BCUT2D eigenvalue weighted by atomic mass is 16.1. The smallest absolute Gasteiger partial charge is 0.267 e. The Morgan fingerprint density at radius 1 is 1.09 bits per heavy atom. The van der Waals surface area contributed by atoms with E-state index in [-0.39, 0.29) is 5.91 Å². The Labute approximate surface area is 129 Å². The van der Waals surface area contributed by atoms with Gasteiger partial charge in [0.15, 0.2) is 0 Å². The van der Waals surface area contributed by atoms with Gasteiger partial charge in [-0.2, -0.15) is 0 Å². The summed E-state index contributed by atoms with van der Waals surface area (Å²) in [5.41, 5.74) is 3.79. The number of H-pyrrole nitrogens is 1. The van der Waals surface area contributed by atoms with Crippen molar-refractivity contribution in [2.45, 2.75) is 6.54 Å². The van der Waals surface area contributed by atoms with E-state index in [1.807, 2.05) is 73.6 Å².